The van der Waals surface area contributed by atoms with Crippen LogP contribution in [0.3, 0.4) is 0 Å². The zero-order valence-electron chi connectivity index (χ0n) is 11.6. The summed E-state index contributed by atoms with van der Waals surface area (Å²) in [6.07, 6.45) is 3.76. The fourth-order valence-corrected chi connectivity index (χ4v) is 1.94. The lowest BCUT2D eigenvalue weighted by Gasteiger charge is -2.09. The molecule has 2 rings (SSSR count). The smallest absolute Gasteiger partial charge is 0.303 e. The quantitative estimate of drug-likeness (QED) is 0.665. The number of nitrogens with one attached hydrogen (secondary N) is 2. The van der Waals surface area contributed by atoms with Crippen molar-refractivity contribution in [3.63, 3.8) is 0 Å². The van der Waals surface area contributed by atoms with Gasteiger partial charge in [-0.2, -0.15) is 0 Å². The molecule has 1 atom stereocenters. The Bertz CT molecular complexity index is 482. The molecule has 0 radical (unpaired) electrons. The van der Waals surface area contributed by atoms with Crippen molar-refractivity contribution in [2.45, 2.75) is 44.9 Å². The Morgan fingerprint density at radius 1 is 1.45 bits per heavy atom. The van der Waals surface area contributed by atoms with Gasteiger partial charge in [0.05, 0.1) is 0 Å². The second-order valence-corrected chi connectivity index (χ2v) is 5.40. The van der Waals surface area contributed by atoms with E-state index in [1.54, 1.807) is 0 Å². The van der Waals surface area contributed by atoms with Crippen LogP contribution in [0.25, 0.3) is 0 Å². The van der Waals surface area contributed by atoms with Crippen molar-refractivity contribution in [3.8, 4) is 0 Å². The predicted molar refractivity (Wildman–Crippen MR) is 71.3 cm³/mol. The summed E-state index contributed by atoms with van der Waals surface area (Å²) in [7, 11) is 0. The third-order valence-electron chi connectivity index (χ3n) is 3.44. The molecule has 1 aromatic rings. The number of hydrogen-bond acceptors (Lipinski definition) is 4. The van der Waals surface area contributed by atoms with Gasteiger partial charge in [-0.1, -0.05) is 6.92 Å². The number of carboxylic acid groups (broad SMARTS) is 1. The standard InChI is InChI=1S/C13H20N4O3/c1-8(2-5-10(18)19)6-7-14-13(20)12-15-11(16-17-12)9-3-4-9/h8-9H,2-7H2,1H3,(H,14,20)(H,18,19)(H,15,16,17). The lowest BCUT2D eigenvalue weighted by atomic mass is 10.0. The van der Waals surface area contributed by atoms with Crippen molar-refractivity contribution in [1.82, 2.24) is 20.5 Å². The maximum atomic E-state index is 11.8. The van der Waals surface area contributed by atoms with Crippen molar-refractivity contribution in [2.75, 3.05) is 6.54 Å². The van der Waals surface area contributed by atoms with E-state index in [2.05, 4.69) is 20.5 Å². The van der Waals surface area contributed by atoms with Crippen molar-refractivity contribution in [2.24, 2.45) is 5.92 Å². The topological polar surface area (TPSA) is 108 Å². The highest BCUT2D eigenvalue weighted by atomic mass is 16.4. The first-order valence-electron chi connectivity index (χ1n) is 6.98. The fraction of sp³-hybridized carbons (Fsp3) is 0.692. The molecule has 1 fully saturated rings. The normalized spacial score (nSPS) is 15.8. The number of carbonyl (C=O) groups is 2. The van der Waals surface area contributed by atoms with E-state index in [4.69, 9.17) is 5.11 Å². The maximum absolute atomic E-state index is 11.8. The molecule has 3 N–H and O–H groups in total. The number of carboxylic acids is 1. The second kappa shape index (κ2) is 6.49. The Hall–Kier alpha value is -1.92. The number of nitrogens with zero attached hydrogens (tertiary/aromatic N) is 2. The van der Waals surface area contributed by atoms with E-state index in [0.717, 1.165) is 25.1 Å². The molecule has 1 aromatic heterocycles. The summed E-state index contributed by atoms with van der Waals surface area (Å²) in [5.74, 6) is 0.628. The minimum atomic E-state index is -0.783. The molecule has 7 heteroatoms. The zero-order chi connectivity index (χ0) is 14.5. The highest BCUT2D eigenvalue weighted by molar-refractivity contribution is 5.90. The first kappa shape index (κ1) is 14.5. The van der Waals surface area contributed by atoms with Gasteiger partial charge in [0.15, 0.2) is 0 Å². The molecular formula is C13H20N4O3. The average Bonchev–Trinajstić information content (AvgIpc) is 3.14. The van der Waals surface area contributed by atoms with Gasteiger partial charge in [-0.25, -0.2) is 4.98 Å². The minimum Gasteiger partial charge on any atom is -0.481 e. The summed E-state index contributed by atoms with van der Waals surface area (Å²) in [4.78, 5) is 26.4. The van der Waals surface area contributed by atoms with Crippen LogP contribution in [0.5, 0.6) is 0 Å². The van der Waals surface area contributed by atoms with Crippen LogP contribution in [0.4, 0.5) is 0 Å². The highest BCUT2D eigenvalue weighted by Gasteiger charge is 2.28. The number of amides is 1. The van der Waals surface area contributed by atoms with Crippen LogP contribution in [-0.4, -0.2) is 38.7 Å². The number of carbonyl (C=O) groups excluding carboxylic acids is 1. The second-order valence-electron chi connectivity index (χ2n) is 5.40. The molecule has 0 bridgehead atoms. The first-order valence-corrected chi connectivity index (χ1v) is 6.98. The van der Waals surface area contributed by atoms with E-state index in [1.165, 1.54) is 0 Å². The average molecular weight is 280 g/mol. The van der Waals surface area contributed by atoms with Crippen LogP contribution in [-0.2, 0) is 4.79 Å². The number of rotatable bonds is 8. The Morgan fingerprint density at radius 2 is 2.20 bits per heavy atom. The third-order valence-corrected chi connectivity index (χ3v) is 3.44. The molecule has 0 saturated heterocycles. The summed E-state index contributed by atoms with van der Waals surface area (Å²) in [5.41, 5.74) is 0. The van der Waals surface area contributed by atoms with Gasteiger partial charge in [0.2, 0.25) is 5.82 Å². The van der Waals surface area contributed by atoms with Crippen LogP contribution in [0, 0.1) is 5.92 Å². The van der Waals surface area contributed by atoms with Gasteiger partial charge in [-0.05, 0) is 31.6 Å². The Kier molecular flexibility index (Phi) is 4.70. The van der Waals surface area contributed by atoms with Crippen LogP contribution in [0.2, 0.25) is 0 Å². The van der Waals surface area contributed by atoms with Crippen LogP contribution in [0.15, 0.2) is 0 Å². The summed E-state index contributed by atoms with van der Waals surface area (Å²) >= 11 is 0. The monoisotopic (exact) mass is 280 g/mol. The number of aromatic amines is 1. The number of aliphatic carboxylic acids is 1. The molecule has 7 nitrogen and oxygen atoms in total. The van der Waals surface area contributed by atoms with Gasteiger partial charge in [-0.3, -0.25) is 14.7 Å². The molecule has 20 heavy (non-hydrogen) atoms. The predicted octanol–water partition coefficient (Wildman–Crippen LogP) is 1.30. The molecule has 0 aliphatic heterocycles. The lowest BCUT2D eigenvalue weighted by molar-refractivity contribution is -0.137. The van der Waals surface area contributed by atoms with Crippen molar-refractivity contribution >= 4 is 11.9 Å². The number of H-pyrrole nitrogens is 1. The summed E-state index contributed by atoms with van der Waals surface area (Å²) in [6, 6.07) is 0. The van der Waals surface area contributed by atoms with Gasteiger partial charge in [0, 0.05) is 18.9 Å². The Labute approximate surface area is 117 Å². The van der Waals surface area contributed by atoms with Gasteiger partial charge >= 0.3 is 5.97 Å². The zero-order valence-corrected chi connectivity index (χ0v) is 11.6. The van der Waals surface area contributed by atoms with Gasteiger partial charge < -0.3 is 10.4 Å². The molecule has 1 aliphatic carbocycles. The van der Waals surface area contributed by atoms with Gasteiger partial charge in [-0.15, -0.1) is 5.10 Å². The molecule has 1 aliphatic rings. The van der Waals surface area contributed by atoms with E-state index in [1.807, 2.05) is 6.92 Å². The number of hydrogen-bond donors (Lipinski definition) is 3. The van der Waals surface area contributed by atoms with E-state index < -0.39 is 5.97 Å². The van der Waals surface area contributed by atoms with E-state index in [9.17, 15) is 9.59 Å². The fourth-order valence-electron chi connectivity index (χ4n) is 1.94. The largest absolute Gasteiger partial charge is 0.481 e. The minimum absolute atomic E-state index is 0.167. The van der Waals surface area contributed by atoms with Crippen LogP contribution < -0.4 is 5.32 Å². The van der Waals surface area contributed by atoms with E-state index in [0.29, 0.717) is 18.9 Å². The molecule has 0 aromatic carbocycles. The highest BCUT2D eigenvalue weighted by Crippen LogP contribution is 2.37. The van der Waals surface area contributed by atoms with Crippen molar-refractivity contribution < 1.29 is 14.7 Å². The third kappa shape index (κ3) is 4.32. The van der Waals surface area contributed by atoms with Gasteiger partial charge in [0.25, 0.3) is 5.91 Å². The first-order chi connectivity index (χ1) is 9.56. The molecular weight excluding hydrogens is 260 g/mol. The molecule has 1 saturated carbocycles. The molecule has 110 valence electrons. The lowest BCUT2D eigenvalue weighted by Crippen LogP contribution is -2.26. The Balaban J connectivity index is 1.67. The summed E-state index contributed by atoms with van der Waals surface area (Å²) in [5, 5.41) is 18.0. The SMILES string of the molecule is CC(CCNC(=O)c1n[nH]c(C2CC2)n1)CCC(=O)O. The molecule has 1 unspecified atom stereocenters. The van der Waals surface area contributed by atoms with Crippen molar-refractivity contribution in [3.05, 3.63) is 11.6 Å². The molecule has 1 heterocycles. The van der Waals surface area contributed by atoms with E-state index in [-0.39, 0.29) is 24.1 Å². The molecule has 0 spiro atoms. The summed E-state index contributed by atoms with van der Waals surface area (Å²) in [6.45, 7) is 2.49. The van der Waals surface area contributed by atoms with Crippen LogP contribution >= 0.6 is 0 Å². The Morgan fingerprint density at radius 3 is 2.85 bits per heavy atom. The number of aromatic nitrogens is 3. The maximum Gasteiger partial charge on any atom is 0.303 e. The molecule has 1 amide bonds. The van der Waals surface area contributed by atoms with Crippen molar-refractivity contribution in [1.29, 1.82) is 0 Å². The van der Waals surface area contributed by atoms with Gasteiger partial charge in [0.1, 0.15) is 5.82 Å². The van der Waals surface area contributed by atoms with Crippen LogP contribution in [0.1, 0.15) is 61.4 Å². The summed E-state index contributed by atoms with van der Waals surface area (Å²) < 4.78 is 0. The van der Waals surface area contributed by atoms with E-state index >= 15 is 0 Å².